The fraction of sp³-hybridized carbons (Fsp3) is 0.565. The molecule has 1 aliphatic heterocycles. The molecule has 0 bridgehead atoms. The average Bonchev–Trinajstić information content (AvgIpc) is 3.29. The minimum atomic E-state index is -0.224. The van der Waals surface area contributed by atoms with Gasteiger partial charge in [0.05, 0.1) is 25.5 Å². The number of fused-ring (bicyclic) bond motifs is 1. The summed E-state index contributed by atoms with van der Waals surface area (Å²) in [5.41, 5.74) is 1.54. The van der Waals surface area contributed by atoms with Crippen molar-refractivity contribution in [2.45, 2.75) is 63.6 Å². The van der Waals surface area contributed by atoms with Gasteiger partial charge in [0.2, 0.25) is 5.91 Å². The molecule has 8 heteroatoms. The maximum Gasteiger partial charge on any atom is 0.308 e. The van der Waals surface area contributed by atoms with Crippen LogP contribution in [-0.4, -0.2) is 47.0 Å². The lowest BCUT2D eigenvalue weighted by molar-refractivity contribution is -0.149. The van der Waals surface area contributed by atoms with Crippen molar-refractivity contribution in [3.63, 3.8) is 0 Å². The van der Waals surface area contributed by atoms with Gasteiger partial charge in [0.15, 0.2) is 5.11 Å². The van der Waals surface area contributed by atoms with E-state index in [1.54, 1.807) is 17.0 Å². The number of carbonyl (C=O) groups excluding carboxylic acids is 3. The maximum atomic E-state index is 13.1. The number of amides is 2. The van der Waals surface area contributed by atoms with E-state index in [9.17, 15) is 14.4 Å². The molecule has 166 valence electrons. The van der Waals surface area contributed by atoms with E-state index in [1.807, 2.05) is 12.1 Å². The third kappa shape index (κ3) is 4.74. The molecule has 1 aromatic rings. The molecule has 3 atom stereocenters. The molecule has 0 aromatic heterocycles. The van der Waals surface area contributed by atoms with Gasteiger partial charge in [0.25, 0.3) is 5.91 Å². The Labute approximate surface area is 187 Å². The van der Waals surface area contributed by atoms with Crippen LogP contribution >= 0.6 is 12.2 Å². The van der Waals surface area contributed by atoms with E-state index in [-0.39, 0.29) is 41.7 Å². The molecule has 2 amide bonds. The van der Waals surface area contributed by atoms with Crippen LogP contribution < -0.4 is 10.6 Å². The Kier molecular flexibility index (Phi) is 6.55. The van der Waals surface area contributed by atoms with Gasteiger partial charge < -0.3 is 15.4 Å². The molecule has 3 unspecified atom stereocenters. The zero-order valence-electron chi connectivity index (χ0n) is 17.8. The molecular weight excluding hydrogens is 414 g/mol. The van der Waals surface area contributed by atoms with Gasteiger partial charge in [-0.25, -0.2) is 0 Å². The quantitative estimate of drug-likeness (QED) is 0.537. The number of benzene rings is 1. The summed E-state index contributed by atoms with van der Waals surface area (Å²) in [4.78, 5) is 39.0. The Balaban J connectivity index is 1.37. The molecule has 2 N–H and O–H groups in total. The lowest BCUT2D eigenvalue weighted by atomic mass is 9.76. The van der Waals surface area contributed by atoms with Crippen molar-refractivity contribution < 1.29 is 19.1 Å². The first-order valence-electron chi connectivity index (χ1n) is 11.1. The van der Waals surface area contributed by atoms with Crippen LogP contribution in [0.5, 0.6) is 0 Å². The highest BCUT2D eigenvalue weighted by Gasteiger charge is 2.44. The van der Waals surface area contributed by atoms with Crippen LogP contribution in [0.15, 0.2) is 24.3 Å². The zero-order valence-corrected chi connectivity index (χ0v) is 18.6. The number of methoxy groups -OCH3 is 1. The summed E-state index contributed by atoms with van der Waals surface area (Å²) in [6.45, 7) is 0.360. The second-order valence-electron chi connectivity index (χ2n) is 8.77. The Morgan fingerprint density at radius 2 is 1.87 bits per heavy atom. The van der Waals surface area contributed by atoms with Crippen molar-refractivity contribution in [1.29, 1.82) is 0 Å². The summed E-state index contributed by atoms with van der Waals surface area (Å²) in [5.74, 6) is -0.652. The van der Waals surface area contributed by atoms with Crippen LogP contribution in [0.25, 0.3) is 0 Å². The highest BCUT2D eigenvalue weighted by molar-refractivity contribution is 7.80. The minimum absolute atomic E-state index is 0.000110. The number of rotatable bonds is 5. The van der Waals surface area contributed by atoms with Gasteiger partial charge in [-0.05, 0) is 62.0 Å². The number of hydrogen-bond acceptors (Lipinski definition) is 5. The van der Waals surface area contributed by atoms with Gasteiger partial charge in [-0.15, -0.1) is 0 Å². The van der Waals surface area contributed by atoms with Crippen molar-refractivity contribution >= 4 is 35.1 Å². The van der Waals surface area contributed by atoms with E-state index >= 15 is 0 Å². The number of nitrogens with zero attached hydrogens (tertiary/aromatic N) is 1. The van der Waals surface area contributed by atoms with E-state index in [4.69, 9.17) is 17.0 Å². The van der Waals surface area contributed by atoms with E-state index in [1.165, 1.54) is 20.0 Å². The predicted molar refractivity (Wildman–Crippen MR) is 119 cm³/mol. The highest BCUT2D eigenvalue weighted by atomic mass is 32.1. The van der Waals surface area contributed by atoms with Gasteiger partial charge in [-0.3, -0.25) is 19.3 Å². The third-order valence-electron chi connectivity index (χ3n) is 6.77. The largest absolute Gasteiger partial charge is 0.469 e. The van der Waals surface area contributed by atoms with Crippen molar-refractivity contribution in [2.75, 3.05) is 7.11 Å². The summed E-state index contributed by atoms with van der Waals surface area (Å²) in [5, 5.41) is 6.74. The Morgan fingerprint density at radius 1 is 1.16 bits per heavy atom. The predicted octanol–water partition coefficient (Wildman–Crippen LogP) is 2.53. The Morgan fingerprint density at radius 3 is 2.55 bits per heavy atom. The first kappa shape index (κ1) is 21.7. The molecule has 2 aliphatic carbocycles. The van der Waals surface area contributed by atoms with Gasteiger partial charge >= 0.3 is 5.97 Å². The normalized spacial score (nSPS) is 26.2. The fourth-order valence-electron chi connectivity index (χ4n) is 4.98. The van der Waals surface area contributed by atoms with Crippen LogP contribution in [0.2, 0.25) is 0 Å². The maximum absolute atomic E-state index is 13.1. The van der Waals surface area contributed by atoms with Crippen LogP contribution in [-0.2, 0) is 20.9 Å². The van der Waals surface area contributed by atoms with E-state index in [0.717, 1.165) is 18.4 Å². The van der Waals surface area contributed by atoms with E-state index in [0.29, 0.717) is 36.5 Å². The molecule has 4 rings (SSSR count). The molecule has 1 saturated heterocycles. The van der Waals surface area contributed by atoms with Gasteiger partial charge in [0, 0.05) is 17.6 Å². The van der Waals surface area contributed by atoms with E-state index < -0.39 is 0 Å². The second-order valence-corrected chi connectivity index (χ2v) is 9.16. The zero-order chi connectivity index (χ0) is 22.0. The summed E-state index contributed by atoms with van der Waals surface area (Å²) >= 11 is 5.47. The second kappa shape index (κ2) is 9.34. The van der Waals surface area contributed by atoms with Gasteiger partial charge in [-0.1, -0.05) is 25.0 Å². The smallest absolute Gasteiger partial charge is 0.308 e. The molecule has 31 heavy (non-hydrogen) atoms. The molecule has 3 aliphatic rings. The number of nitrogens with one attached hydrogen (secondary N) is 2. The number of ether oxygens (including phenoxy) is 1. The molecular formula is C23H29N3O4S. The van der Waals surface area contributed by atoms with Crippen LogP contribution in [0.3, 0.4) is 0 Å². The highest BCUT2D eigenvalue weighted by Crippen LogP contribution is 2.34. The number of thiocarbonyl (C=S) groups is 1. The Bertz CT molecular complexity index is 866. The molecule has 0 spiro atoms. The summed E-state index contributed by atoms with van der Waals surface area (Å²) in [7, 11) is 1.39. The fourth-order valence-corrected chi connectivity index (χ4v) is 5.28. The number of esters is 1. The Hall–Kier alpha value is -2.48. The third-order valence-corrected chi connectivity index (χ3v) is 7.11. The van der Waals surface area contributed by atoms with Crippen LogP contribution in [0.1, 0.15) is 60.9 Å². The van der Waals surface area contributed by atoms with Crippen molar-refractivity contribution in [2.24, 2.45) is 11.8 Å². The number of hydrogen-bond donors (Lipinski definition) is 2. The first-order valence-corrected chi connectivity index (χ1v) is 11.5. The molecule has 1 heterocycles. The molecule has 2 saturated carbocycles. The minimum Gasteiger partial charge on any atom is -0.469 e. The van der Waals surface area contributed by atoms with Gasteiger partial charge in [-0.2, -0.15) is 0 Å². The first-order chi connectivity index (χ1) is 15.0. The van der Waals surface area contributed by atoms with Crippen molar-refractivity contribution in [1.82, 2.24) is 15.5 Å². The molecule has 3 fully saturated rings. The molecule has 7 nitrogen and oxygen atoms in total. The van der Waals surface area contributed by atoms with E-state index in [2.05, 4.69) is 10.6 Å². The molecule has 0 radical (unpaired) electrons. The monoisotopic (exact) mass is 443 g/mol. The lowest BCUT2D eigenvalue weighted by Crippen LogP contribution is -2.61. The van der Waals surface area contributed by atoms with Crippen molar-refractivity contribution in [3.05, 3.63) is 35.4 Å². The number of carbonyl (C=O) groups is 3. The standard InChI is InChI=1S/C23H29N3O4S/c1-30-22(29)16-10-11-18-19(12-16)25-23(31)26(21(18)28)13-14-6-8-15(9-7-14)20(27)24-17-4-2-3-5-17/h6-9,16-19H,2-5,10-13H2,1H3,(H,24,27)(H,25,31). The van der Waals surface area contributed by atoms with Crippen LogP contribution in [0.4, 0.5) is 0 Å². The summed E-state index contributed by atoms with van der Waals surface area (Å²) in [6.07, 6.45) is 6.28. The van der Waals surface area contributed by atoms with Gasteiger partial charge in [0.1, 0.15) is 0 Å². The summed E-state index contributed by atoms with van der Waals surface area (Å²) in [6, 6.07) is 7.50. The lowest BCUT2D eigenvalue weighted by Gasteiger charge is -2.43. The van der Waals surface area contributed by atoms with Crippen LogP contribution in [0, 0.1) is 11.8 Å². The topological polar surface area (TPSA) is 87.7 Å². The average molecular weight is 444 g/mol. The van der Waals surface area contributed by atoms with Crippen molar-refractivity contribution in [3.8, 4) is 0 Å². The molecule has 1 aromatic carbocycles. The summed E-state index contributed by atoms with van der Waals surface area (Å²) < 4.78 is 4.86. The SMILES string of the molecule is COC(=O)C1CCC2C(=O)N(Cc3ccc(C(=O)NC4CCCC4)cc3)C(=S)NC2C1.